The number of hydrogen-bond donors (Lipinski definition) is 2. The quantitative estimate of drug-likeness (QED) is 0.837. The fraction of sp³-hybridized carbons (Fsp3) is 0.714. The van der Waals surface area contributed by atoms with E-state index in [4.69, 9.17) is 9.26 Å². The Morgan fingerprint density at radius 2 is 2.18 bits per heavy atom. The molecule has 1 fully saturated rings. The molecular weight excluding hydrogens is 284 g/mol. The lowest BCUT2D eigenvalue weighted by atomic mass is 10.0. The SMILES string of the molecule is CC(C)CC(NC1CCOCC1)c1nc(-c2ncn[nH]2)no1. The lowest BCUT2D eigenvalue weighted by Crippen LogP contribution is -2.38. The lowest BCUT2D eigenvalue weighted by Gasteiger charge is -2.27. The van der Waals surface area contributed by atoms with Gasteiger partial charge in [0.15, 0.2) is 5.82 Å². The third-order valence-electron chi connectivity index (χ3n) is 3.73. The molecule has 0 radical (unpaired) electrons. The van der Waals surface area contributed by atoms with Crippen LogP contribution in [0.4, 0.5) is 0 Å². The van der Waals surface area contributed by atoms with Crippen LogP contribution in [0.3, 0.4) is 0 Å². The fourth-order valence-electron chi connectivity index (χ4n) is 2.65. The van der Waals surface area contributed by atoms with E-state index < -0.39 is 0 Å². The minimum Gasteiger partial charge on any atom is -0.381 e. The summed E-state index contributed by atoms with van der Waals surface area (Å²) in [4.78, 5) is 8.51. The Kier molecular flexibility index (Phi) is 4.79. The molecule has 0 aromatic carbocycles. The normalized spacial score (nSPS) is 18.0. The Bertz CT molecular complexity index is 562. The molecule has 120 valence electrons. The van der Waals surface area contributed by atoms with Gasteiger partial charge in [0.25, 0.3) is 0 Å². The molecular formula is C14H22N6O2. The molecule has 3 rings (SSSR count). The number of aromatic amines is 1. The summed E-state index contributed by atoms with van der Waals surface area (Å²) in [5.41, 5.74) is 0. The molecule has 0 saturated carbocycles. The Hall–Kier alpha value is -1.80. The van der Waals surface area contributed by atoms with Crippen LogP contribution in [0, 0.1) is 5.92 Å². The molecule has 8 nitrogen and oxygen atoms in total. The first-order chi connectivity index (χ1) is 10.7. The molecule has 0 aliphatic carbocycles. The number of aromatic nitrogens is 5. The van der Waals surface area contributed by atoms with E-state index in [2.05, 4.69) is 44.5 Å². The summed E-state index contributed by atoms with van der Waals surface area (Å²) in [6.45, 7) is 5.98. The Morgan fingerprint density at radius 3 is 2.86 bits per heavy atom. The van der Waals surface area contributed by atoms with E-state index in [1.165, 1.54) is 6.33 Å². The highest BCUT2D eigenvalue weighted by Gasteiger charge is 2.25. The van der Waals surface area contributed by atoms with Crippen molar-refractivity contribution >= 4 is 0 Å². The van der Waals surface area contributed by atoms with Crippen LogP contribution in [0.25, 0.3) is 11.6 Å². The molecule has 2 aromatic heterocycles. The highest BCUT2D eigenvalue weighted by Crippen LogP contribution is 2.24. The molecule has 1 aliphatic heterocycles. The van der Waals surface area contributed by atoms with Gasteiger partial charge < -0.3 is 14.6 Å². The summed E-state index contributed by atoms with van der Waals surface area (Å²) in [7, 11) is 0. The topological polar surface area (TPSA) is 102 Å². The van der Waals surface area contributed by atoms with E-state index in [-0.39, 0.29) is 6.04 Å². The molecule has 1 atom stereocenters. The molecule has 0 spiro atoms. The molecule has 1 aliphatic rings. The summed E-state index contributed by atoms with van der Waals surface area (Å²) >= 11 is 0. The van der Waals surface area contributed by atoms with Crippen LogP contribution in [0.2, 0.25) is 0 Å². The second kappa shape index (κ2) is 6.97. The van der Waals surface area contributed by atoms with E-state index in [9.17, 15) is 0 Å². The third kappa shape index (κ3) is 3.69. The van der Waals surface area contributed by atoms with E-state index >= 15 is 0 Å². The lowest BCUT2D eigenvalue weighted by molar-refractivity contribution is 0.0723. The number of nitrogens with zero attached hydrogens (tertiary/aromatic N) is 4. The van der Waals surface area contributed by atoms with Gasteiger partial charge in [0.2, 0.25) is 11.7 Å². The van der Waals surface area contributed by atoms with E-state index in [0.29, 0.717) is 29.5 Å². The summed E-state index contributed by atoms with van der Waals surface area (Å²) in [6, 6.07) is 0.477. The molecule has 2 aromatic rings. The molecule has 1 saturated heterocycles. The van der Waals surface area contributed by atoms with Gasteiger partial charge in [-0.25, -0.2) is 4.98 Å². The number of rotatable bonds is 6. The van der Waals surface area contributed by atoms with Crippen molar-refractivity contribution in [3.05, 3.63) is 12.2 Å². The number of hydrogen-bond acceptors (Lipinski definition) is 7. The molecule has 22 heavy (non-hydrogen) atoms. The van der Waals surface area contributed by atoms with Crippen molar-refractivity contribution in [1.29, 1.82) is 0 Å². The number of H-pyrrole nitrogens is 1. The average molecular weight is 306 g/mol. The largest absolute Gasteiger partial charge is 0.381 e. The van der Waals surface area contributed by atoms with Crippen LogP contribution in [-0.4, -0.2) is 44.6 Å². The van der Waals surface area contributed by atoms with Crippen molar-refractivity contribution in [3.8, 4) is 11.6 Å². The summed E-state index contributed by atoms with van der Waals surface area (Å²) in [5, 5.41) is 14.2. The Labute approximate surface area is 129 Å². The van der Waals surface area contributed by atoms with Crippen LogP contribution in [-0.2, 0) is 4.74 Å². The van der Waals surface area contributed by atoms with Gasteiger partial charge in [-0.2, -0.15) is 10.1 Å². The van der Waals surface area contributed by atoms with Gasteiger partial charge in [0.05, 0.1) is 6.04 Å². The van der Waals surface area contributed by atoms with Gasteiger partial charge in [-0.3, -0.25) is 5.10 Å². The predicted molar refractivity (Wildman–Crippen MR) is 78.8 cm³/mol. The van der Waals surface area contributed by atoms with Gasteiger partial charge in [0.1, 0.15) is 6.33 Å². The first-order valence-corrected chi connectivity index (χ1v) is 7.75. The zero-order valence-electron chi connectivity index (χ0n) is 13.0. The van der Waals surface area contributed by atoms with Crippen molar-refractivity contribution in [3.63, 3.8) is 0 Å². The van der Waals surface area contributed by atoms with Crippen LogP contribution < -0.4 is 5.32 Å². The molecule has 3 heterocycles. The first-order valence-electron chi connectivity index (χ1n) is 7.75. The standard InChI is InChI=1S/C14H22N6O2/c1-9(2)7-11(17-10-3-5-21-6-4-10)14-18-13(20-22-14)12-15-8-16-19-12/h8-11,17H,3-7H2,1-2H3,(H,15,16,19). The van der Waals surface area contributed by atoms with E-state index in [1.807, 2.05) is 0 Å². The summed E-state index contributed by atoms with van der Waals surface area (Å²) in [5.74, 6) is 2.09. The second-order valence-electron chi connectivity index (χ2n) is 6.03. The summed E-state index contributed by atoms with van der Waals surface area (Å²) in [6.07, 6.45) is 4.39. The van der Waals surface area contributed by atoms with Crippen molar-refractivity contribution < 1.29 is 9.26 Å². The van der Waals surface area contributed by atoms with Gasteiger partial charge in [-0.15, -0.1) is 0 Å². The average Bonchev–Trinajstić information content (AvgIpc) is 3.18. The molecule has 2 N–H and O–H groups in total. The monoisotopic (exact) mass is 306 g/mol. The minimum atomic E-state index is 0.0484. The maximum Gasteiger partial charge on any atom is 0.244 e. The van der Waals surface area contributed by atoms with Crippen molar-refractivity contribution in [2.75, 3.05) is 13.2 Å². The van der Waals surface area contributed by atoms with Crippen LogP contribution >= 0.6 is 0 Å². The maximum absolute atomic E-state index is 5.45. The molecule has 8 heteroatoms. The van der Waals surface area contributed by atoms with Gasteiger partial charge >= 0.3 is 0 Å². The minimum absolute atomic E-state index is 0.0484. The van der Waals surface area contributed by atoms with Gasteiger partial charge in [-0.05, 0) is 25.2 Å². The first kappa shape index (κ1) is 15.1. The van der Waals surface area contributed by atoms with Gasteiger partial charge in [0, 0.05) is 19.3 Å². The smallest absolute Gasteiger partial charge is 0.244 e. The van der Waals surface area contributed by atoms with Crippen LogP contribution in [0.5, 0.6) is 0 Å². The second-order valence-corrected chi connectivity index (χ2v) is 6.03. The highest BCUT2D eigenvalue weighted by molar-refractivity contribution is 5.39. The Morgan fingerprint density at radius 1 is 1.36 bits per heavy atom. The molecule has 0 bridgehead atoms. The number of ether oxygens (including phenoxy) is 1. The van der Waals surface area contributed by atoms with Crippen molar-refractivity contribution in [2.24, 2.45) is 5.92 Å². The fourth-order valence-corrected chi connectivity index (χ4v) is 2.65. The predicted octanol–water partition coefficient (Wildman–Crippen LogP) is 1.71. The summed E-state index contributed by atoms with van der Waals surface area (Å²) < 4.78 is 10.9. The van der Waals surface area contributed by atoms with Gasteiger partial charge in [-0.1, -0.05) is 19.0 Å². The maximum atomic E-state index is 5.45. The third-order valence-corrected chi connectivity index (χ3v) is 3.73. The Balaban J connectivity index is 1.73. The molecule has 1 unspecified atom stereocenters. The number of nitrogens with one attached hydrogen (secondary N) is 2. The van der Waals surface area contributed by atoms with E-state index in [0.717, 1.165) is 32.5 Å². The van der Waals surface area contributed by atoms with Crippen LogP contribution in [0.15, 0.2) is 10.9 Å². The molecule has 0 amide bonds. The highest BCUT2D eigenvalue weighted by atomic mass is 16.5. The van der Waals surface area contributed by atoms with Crippen molar-refractivity contribution in [2.45, 2.75) is 45.2 Å². The zero-order valence-corrected chi connectivity index (χ0v) is 13.0. The zero-order chi connectivity index (χ0) is 15.4. The van der Waals surface area contributed by atoms with Crippen LogP contribution in [0.1, 0.15) is 45.0 Å². The van der Waals surface area contributed by atoms with Crippen molar-refractivity contribution in [1.82, 2.24) is 30.6 Å². The van der Waals surface area contributed by atoms with E-state index in [1.54, 1.807) is 0 Å².